The minimum Gasteiger partial charge on any atom is -0.497 e. The molecule has 5 nitrogen and oxygen atoms in total. The zero-order valence-corrected chi connectivity index (χ0v) is 16.5. The van der Waals surface area contributed by atoms with E-state index in [0.29, 0.717) is 29.7 Å². The van der Waals surface area contributed by atoms with Crippen molar-refractivity contribution in [3.05, 3.63) is 53.1 Å². The van der Waals surface area contributed by atoms with E-state index in [2.05, 4.69) is 10.2 Å². The van der Waals surface area contributed by atoms with Crippen LogP contribution in [-0.2, 0) is 11.3 Å². The number of para-hydroxylation sites is 1. The van der Waals surface area contributed by atoms with Crippen LogP contribution >= 0.6 is 11.6 Å². The van der Waals surface area contributed by atoms with Gasteiger partial charge < -0.3 is 14.8 Å². The number of hydrogen-bond acceptors (Lipinski definition) is 4. The number of nitrogens with one attached hydrogen (secondary N) is 1. The Bertz CT molecular complexity index is 793. The van der Waals surface area contributed by atoms with Crippen LogP contribution in [0, 0.1) is 0 Å². The molecule has 0 aromatic heterocycles. The number of hydrogen-bond donors (Lipinski definition) is 1. The average molecular weight is 389 g/mol. The van der Waals surface area contributed by atoms with Crippen LogP contribution in [0.2, 0.25) is 5.02 Å². The summed E-state index contributed by atoms with van der Waals surface area (Å²) in [4.78, 5) is 14.7. The fourth-order valence-corrected chi connectivity index (χ4v) is 3.26. The van der Waals surface area contributed by atoms with Crippen LogP contribution in [0.15, 0.2) is 42.5 Å². The van der Waals surface area contributed by atoms with Crippen LogP contribution in [0.5, 0.6) is 11.5 Å². The van der Waals surface area contributed by atoms with E-state index in [1.165, 1.54) is 12.8 Å². The number of benzene rings is 2. The van der Waals surface area contributed by atoms with Crippen molar-refractivity contribution >= 4 is 23.2 Å². The highest BCUT2D eigenvalue weighted by Gasteiger charge is 2.29. The van der Waals surface area contributed by atoms with Crippen molar-refractivity contribution in [3.8, 4) is 11.5 Å². The molecule has 0 spiro atoms. The van der Waals surface area contributed by atoms with Crippen molar-refractivity contribution in [2.24, 2.45) is 0 Å². The Balaban J connectivity index is 1.62. The van der Waals surface area contributed by atoms with E-state index in [0.717, 1.165) is 23.6 Å². The summed E-state index contributed by atoms with van der Waals surface area (Å²) in [6.07, 6.45) is 2.74. The molecule has 1 saturated carbocycles. The van der Waals surface area contributed by atoms with Gasteiger partial charge in [-0.3, -0.25) is 9.69 Å². The SMILES string of the molecule is COc1ccc(OC)c(CN(CCC(=O)Nc2ccccc2Cl)C2CC2)c1. The molecule has 0 unspecified atom stereocenters. The average Bonchev–Trinajstić information content (AvgIpc) is 3.52. The minimum atomic E-state index is -0.0358. The Morgan fingerprint density at radius 3 is 2.63 bits per heavy atom. The lowest BCUT2D eigenvalue weighted by molar-refractivity contribution is -0.116. The summed E-state index contributed by atoms with van der Waals surface area (Å²) in [5.74, 6) is 1.60. The van der Waals surface area contributed by atoms with Gasteiger partial charge in [0.15, 0.2) is 0 Å². The fraction of sp³-hybridized carbons (Fsp3) is 0.381. The van der Waals surface area contributed by atoms with Gasteiger partial charge >= 0.3 is 0 Å². The second-order valence-corrected chi connectivity index (χ2v) is 7.06. The molecule has 0 aliphatic heterocycles. The third-order valence-electron chi connectivity index (χ3n) is 4.70. The van der Waals surface area contributed by atoms with Crippen molar-refractivity contribution in [3.63, 3.8) is 0 Å². The standard InChI is InChI=1S/C21H25ClN2O3/c1-26-17-9-10-20(27-2)15(13-17)14-24(16-7-8-16)12-11-21(25)23-19-6-4-3-5-18(19)22/h3-6,9-10,13,16H,7-8,11-12,14H2,1-2H3,(H,23,25). The lowest BCUT2D eigenvalue weighted by Crippen LogP contribution is -2.29. The van der Waals surface area contributed by atoms with E-state index >= 15 is 0 Å². The molecule has 0 atom stereocenters. The first-order chi connectivity index (χ1) is 13.1. The Hall–Kier alpha value is -2.24. The molecule has 3 rings (SSSR count). The van der Waals surface area contributed by atoms with Gasteiger partial charge in [-0.05, 0) is 43.2 Å². The first-order valence-electron chi connectivity index (χ1n) is 9.10. The number of rotatable bonds is 9. The minimum absolute atomic E-state index is 0.0358. The van der Waals surface area contributed by atoms with Crippen LogP contribution in [0.4, 0.5) is 5.69 Å². The van der Waals surface area contributed by atoms with Crippen molar-refractivity contribution in [1.29, 1.82) is 0 Å². The molecule has 6 heteroatoms. The van der Waals surface area contributed by atoms with E-state index in [9.17, 15) is 4.79 Å². The Kier molecular flexibility index (Phi) is 6.58. The zero-order valence-electron chi connectivity index (χ0n) is 15.7. The third-order valence-corrected chi connectivity index (χ3v) is 5.03. The number of anilines is 1. The maximum Gasteiger partial charge on any atom is 0.225 e. The first-order valence-corrected chi connectivity index (χ1v) is 9.48. The lowest BCUT2D eigenvalue weighted by Gasteiger charge is -2.23. The number of amides is 1. The van der Waals surface area contributed by atoms with Gasteiger partial charge in [-0.15, -0.1) is 0 Å². The van der Waals surface area contributed by atoms with Crippen molar-refractivity contribution in [2.45, 2.75) is 31.8 Å². The molecule has 1 aliphatic rings. The van der Waals surface area contributed by atoms with Gasteiger partial charge in [0.25, 0.3) is 0 Å². The Labute approximate surface area is 165 Å². The molecular formula is C21H25ClN2O3. The van der Waals surface area contributed by atoms with Crippen LogP contribution < -0.4 is 14.8 Å². The van der Waals surface area contributed by atoms with E-state index < -0.39 is 0 Å². The molecule has 2 aromatic rings. The van der Waals surface area contributed by atoms with Crippen molar-refractivity contribution in [2.75, 3.05) is 26.1 Å². The summed E-state index contributed by atoms with van der Waals surface area (Å²) < 4.78 is 10.8. The van der Waals surface area contributed by atoms with Gasteiger partial charge in [-0.25, -0.2) is 0 Å². The van der Waals surface area contributed by atoms with Gasteiger partial charge in [0.2, 0.25) is 5.91 Å². The second kappa shape index (κ2) is 9.11. The molecule has 1 aliphatic carbocycles. The summed E-state index contributed by atoms with van der Waals surface area (Å²) in [5, 5.41) is 3.43. The van der Waals surface area contributed by atoms with Crippen molar-refractivity contribution in [1.82, 2.24) is 4.90 Å². The summed E-state index contributed by atoms with van der Waals surface area (Å²) >= 11 is 6.11. The molecule has 0 bridgehead atoms. The molecule has 0 heterocycles. The quantitative estimate of drug-likeness (QED) is 0.693. The number of carbonyl (C=O) groups excluding carboxylic acids is 1. The number of carbonyl (C=O) groups is 1. The van der Waals surface area contributed by atoms with E-state index in [1.807, 2.05) is 30.3 Å². The highest BCUT2D eigenvalue weighted by Crippen LogP contribution is 2.32. The van der Waals surface area contributed by atoms with Crippen LogP contribution in [0.1, 0.15) is 24.8 Å². The Morgan fingerprint density at radius 1 is 1.19 bits per heavy atom. The summed E-state index contributed by atoms with van der Waals surface area (Å²) in [5.41, 5.74) is 1.71. The predicted molar refractivity (Wildman–Crippen MR) is 108 cm³/mol. The van der Waals surface area contributed by atoms with Crippen LogP contribution in [-0.4, -0.2) is 37.6 Å². The lowest BCUT2D eigenvalue weighted by atomic mass is 10.1. The number of nitrogens with zero attached hydrogens (tertiary/aromatic N) is 1. The van der Waals surface area contributed by atoms with Crippen LogP contribution in [0.25, 0.3) is 0 Å². The Morgan fingerprint density at radius 2 is 1.96 bits per heavy atom. The summed E-state index contributed by atoms with van der Waals surface area (Å²) in [6, 6.07) is 13.6. The molecule has 0 saturated heterocycles. The van der Waals surface area contributed by atoms with Crippen molar-refractivity contribution < 1.29 is 14.3 Å². The van der Waals surface area contributed by atoms with E-state index in [-0.39, 0.29) is 5.91 Å². The van der Waals surface area contributed by atoms with E-state index in [4.69, 9.17) is 21.1 Å². The van der Waals surface area contributed by atoms with Gasteiger partial charge in [0, 0.05) is 31.1 Å². The molecule has 2 aromatic carbocycles. The van der Waals surface area contributed by atoms with Crippen LogP contribution in [0.3, 0.4) is 0 Å². The second-order valence-electron chi connectivity index (χ2n) is 6.66. The predicted octanol–water partition coefficient (Wildman–Crippen LogP) is 4.35. The normalized spacial score (nSPS) is 13.5. The molecule has 1 N–H and O–H groups in total. The largest absolute Gasteiger partial charge is 0.497 e. The molecule has 0 radical (unpaired) electrons. The monoisotopic (exact) mass is 388 g/mol. The molecular weight excluding hydrogens is 364 g/mol. The smallest absolute Gasteiger partial charge is 0.225 e. The highest BCUT2D eigenvalue weighted by molar-refractivity contribution is 6.33. The third kappa shape index (κ3) is 5.37. The highest BCUT2D eigenvalue weighted by atomic mass is 35.5. The molecule has 1 fully saturated rings. The van der Waals surface area contributed by atoms with Gasteiger partial charge in [-0.1, -0.05) is 23.7 Å². The first kappa shape index (κ1) is 19.5. The van der Waals surface area contributed by atoms with Gasteiger partial charge in [0.1, 0.15) is 11.5 Å². The van der Waals surface area contributed by atoms with E-state index in [1.54, 1.807) is 26.4 Å². The molecule has 144 valence electrons. The maximum atomic E-state index is 12.3. The molecule has 27 heavy (non-hydrogen) atoms. The topological polar surface area (TPSA) is 50.8 Å². The number of methoxy groups -OCH3 is 2. The fourth-order valence-electron chi connectivity index (χ4n) is 3.08. The summed E-state index contributed by atoms with van der Waals surface area (Å²) in [6.45, 7) is 1.41. The van der Waals surface area contributed by atoms with Gasteiger partial charge in [0.05, 0.1) is 24.9 Å². The summed E-state index contributed by atoms with van der Waals surface area (Å²) in [7, 11) is 3.33. The number of ether oxygens (including phenoxy) is 2. The zero-order chi connectivity index (χ0) is 19.2. The van der Waals surface area contributed by atoms with Gasteiger partial charge in [-0.2, -0.15) is 0 Å². The maximum absolute atomic E-state index is 12.3. The number of halogens is 1. The molecule has 1 amide bonds.